The topological polar surface area (TPSA) is 58.2 Å². The van der Waals surface area contributed by atoms with E-state index in [1.165, 1.54) is 0 Å². The highest BCUT2D eigenvalue weighted by atomic mass is 32.2. The molecule has 2 aromatic carbocycles. The van der Waals surface area contributed by atoms with Crippen molar-refractivity contribution in [2.45, 2.75) is 0 Å². The highest BCUT2D eigenvalue weighted by molar-refractivity contribution is 7.84. The maximum atomic E-state index is 11.9. The highest BCUT2D eigenvalue weighted by Gasteiger charge is 2.04. The minimum Gasteiger partial charge on any atom is -0.337 e. The van der Waals surface area contributed by atoms with Crippen LogP contribution in [0.15, 0.2) is 54.6 Å². The average Bonchev–Trinajstić information content (AvgIpc) is 2.54. The molecule has 0 bridgehead atoms. The van der Waals surface area contributed by atoms with Gasteiger partial charge in [0.25, 0.3) is 0 Å². The second-order valence-electron chi connectivity index (χ2n) is 4.82. The van der Waals surface area contributed by atoms with Gasteiger partial charge in [-0.3, -0.25) is 4.21 Å². The summed E-state index contributed by atoms with van der Waals surface area (Å²) < 4.78 is 11.0. The molecule has 2 rings (SSSR count). The monoisotopic (exact) mass is 326 g/mol. The largest absolute Gasteiger partial charge is 0.337 e. The second-order valence-corrected chi connectivity index (χ2v) is 6.37. The molecule has 2 N–H and O–H groups in total. The Morgan fingerprint density at radius 3 is 2.48 bits per heavy atom. The molecule has 1 unspecified atom stereocenters. The molecule has 0 saturated carbocycles. The molecule has 0 spiro atoms. The normalized spacial score (nSPS) is 11.0. The van der Waals surface area contributed by atoms with Crippen molar-refractivity contribution in [3.63, 3.8) is 0 Å². The van der Waals surface area contributed by atoms with E-state index in [0.717, 1.165) is 11.1 Å². The van der Waals surface area contributed by atoms with Crippen molar-refractivity contribution >= 4 is 22.5 Å². The minimum absolute atomic E-state index is 0.329. The molecule has 0 aromatic heterocycles. The van der Waals surface area contributed by atoms with E-state index >= 15 is 0 Å². The summed E-state index contributed by atoms with van der Waals surface area (Å²) in [5.74, 6) is 6.57. The van der Waals surface area contributed by atoms with Crippen LogP contribution in [0, 0.1) is 11.8 Å². The number of carbonyl (C=O) groups excluding carboxylic acids is 1. The first kappa shape index (κ1) is 16.8. The third-order valence-electron chi connectivity index (χ3n) is 2.97. The van der Waals surface area contributed by atoms with Gasteiger partial charge in [-0.15, -0.1) is 0 Å². The lowest BCUT2D eigenvalue weighted by molar-refractivity contribution is 0.252. The number of hydrogen-bond donors (Lipinski definition) is 2. The van der Waals surface area contributed by atoms with Crippen LogP contribution in [0.5, 0.6) is 0 Å². The van der Waals surface area contributed by atoms with Crippen molar-refractivity contribution in [1.82, 2.24) is 5.32 Å². The molecule has 0 saturated heterocycles. The van der Waals surface area contributed by atoms with Crippen molar-refractivity contribution in [3.8, 4) is 11.8 Å². The molecule has 5 heteroatoms. The molecule has 0 aliphatic carbocycles. The summed E-state index contributed by atoms with van der Waals surface area (Å²) >= 11 is 0. The lowest BCUT2D eigenvalue weighted by Gasteiger charge is -2.08. The number of para-hydroxylation sites is 1. The van der Waals surface area contributed by atoms with Gasteiger partial charge in [0, 0.05) is 40.5 Å². The van der Waals surface area contributed by atoms with Gasteiger partial charge in [-0.05, 0) is 24.3 Å². The number of rotatable bonds is 4. The van der Waals surface area contributed by atoms with Gasteiger partial charge in [-0.1, -0.05) is 42.2 Å². The molecule has 2 amide bonds. The molecule has 1 atom stereocenters. The van der Waals surface area contributed by atoms with Gasteiger partial charge < -0.3 is 10.6 Å². The van der Waals surface area contributed by atoms with Crippen molar-refractivity contribution in [2.24, 2.45) is 0 Å². The lowest BCUT2D eigenvalue weighted by atomic mass is 10.1. The summed E-state index contributed by atoms with van der Waals surface area (Å²) in [5, 5.41) is 5.44. The molecule has 0 fully saturated rings. The Labute approximate surface area is 138 Å². The van der Waals surface area contributed by atoms with Gasteiger partial charge in [0.2, 0.25) is 0 Å². The Balaban J connectivity index is 2.05. The summed E-state index contributed by atoms with van der Waals surface area (Å²) in [6.07, 6.45) is 1.61. The SMILES string of the molecule is CS(=O)CCNC(=O)Nc1ccccc1C#Cc1ccccc1. The van der Waals surface area contributed by atoms with Crippen molar-refractivity contribution in [2.75, 3.05) is 23.9 Å². The maximum absolute atomic E-state index is 11.9. The zero-order chi connectivity index (χ0) is 16.5. The summed E-state index contributed by atoms with van der Waals surface area (Å²) in [7, 11) is -0.922. The molecule has 0 heterocycles. The van der Waals surface area contributed by atoms with E-state index in [0.29, 0.717) is 18.0 Å². The van der Waals surface area contributed by atoms with Crippen LogP contribution in [0.25, 0.3) is 0 Å². The Hall–Kier alpha value is -2.58. The molecule has 4 nitrogen and oxygen atoms in total. The summed E-state index contributed by atoms with van der Waals surface area (Å²) in [4.78, 5) is 11.9. The third-order valence-corrected chi connectivity index (χ3v) is 3.74. The minimum atomic E-state index is -0.922. The smallest absolute Gasteiger partial charge is 0.319 e. The Bertz CT molecular complexity index is 748. The van der Waals surface area contributed by atoms with Crippen LogP contribution < -0.4 is 10.6 Å². The van der Waals surface area contributed by atoms with Crippen molar-refractivity contribution in [1.29, 1.82) is 0 Å². The molecule has 2 aromatic rings. The number of carbonyl (C=O) groups is 1. The van der Waals surface area contributed by atoms with E-state index in [9.17, 15) is 9.00 Å². The van der Waals surface area contributed by atoms with Gasteiger partial charge in [0.15, 0.2) is 0 Å². The van der Waals surface area contributed by atoms with E-state index in [1.54, 1.807) is 12.3 Å². The molecule has 23 heavy (non-hydrogen) atoms. The first-order valence-electron chi connectivity index (χ1n) is 7.16. The van der Waals surface area contributed by atoms with Crippen LogP contribution in [0.1, 0.15) is 11.1 Å². The molecular weight excluding hydrogens is 308 g/mol. The molecule has 0 aliphatic rings. The van der Waals surface area contributed by atoms with Crippen molar-refractivity contribution in [3.05, 3.63) is 65.7 Å². The molecule has 118 valence electrons. The number of hydrogen-bond acceptors (Lipinski definition) is 2. The number of benzene rings is 2. The van der Waals surface area contributed by atoms with E-state index in [2.05, 4.69) is 22.5 Å². The van der Waals surface area contributed by atoms with Crippen LogP contribution in [0.4, 0.5) is 10.5 Å². The third kappa shape index (κ3) is 5.97. The van der Waals surface area contributed by atoms with Crippen LogP contribution in [-0.4, -0.2) is 28.8 Å². The fraction of sp³-hybridized carbons (Fsp3) is 0.167. The average molecular weight is 326 g/mol. The number of urea groups is 1. The van der Waals surface area contributed by atoms with Gasteiger partial charge in [-0.25, -0.2) is 4.79 Å². The number of amides is 2. The first-order chi connectivity index (χ1) is 11.1. The van der Waals surface area contributed by atoms with Crippen molar-refractivity contribution < 1.29 is 9.00 Å². The van der Waals surface area contributed by atoms with E-state index < -0.39 is 10.8 Å². The van der Waals surface area contributed by atoms with Gasteiger partial charge in [-0.2, -0.15) is 0 Å². The van der Waals surface area contributed by atoms with Crippen LogP contribution in [0.3, 0.4) is 0 Å². The van der Waals surface area contributed by atoms with Crippen LogP contribution >= 0.6 is 0 Å². The fourth-order valence-electron chi connectivity index (χ4n) is 1.84. The maximum Gasteiger partial charge on any atom is 0.319 e. The Morgan fingerprint density at radius 1 is 1.04 bits per heavy atom. The van der Waals surface area contributed by atoms with Gasteiger partial charge >= 0.3 is 6.03 Å². The predicted octanol–water partition coefficient (Wildman–Crippen LogP) is 2.59. The van der Waals surface area contributed by atoms with Gasteiger partial charge in [0.1, 0.15) is 0 Å². The molecular formula is C18H18N2O2S. The lowest BCUT2D eigenvalue weighted by Crippen LogP contribution is -2.32. The van der Waals surface area contributed by atoms with E-state index in [4.69, 9.17) is 0 Å². The zero-order valence-electron chi connectivity index (χ0n) is 12.8. The van der Waals surface area contributed by atoms with E-state index in [1.807, 2.05) is 48.5 Å². The Morgan fingerprint density at radius 2 is 1.74 bits per heavy atom. The highest BCUT2D eigenvalue weighted by Crippen LogP contribution is 2.13. The summed E-state index contributed by atoms with van der Waals surface area (Å²) in [6.45, 7) is 0.368. The Kier molecular flexibility index (Phi) is 6.40. The van der Waals surface area contributed by atoms with E-state index in [-0.39, 0.29) is 6.03 Å². The number of nitrogens with one attached hydrogen (secondary N) is 2. The number of anilines is 1. The predicted molar refractivity (Wildman–Crippen MR) is 94.8 cm³/mol. The second kappa shape index (κ2) is 8.76. The molecule has 0 radical (unpaired) electrons. The summed E-state index contributed by atoms with van der Waals surface area (Å²) in [5.41, 5.74) is 2.30. The van der Waals surface area contributed by atoms with Crippen LogP contribution in [0.2, 0.25) is 0 Å². The zero-order valence-corrected chi connectivity index (χ0v) is 13.7. The van der Waals surface area contributed by atoms with Gasteiger partial charge in [0.05, 0.1) is 5.69 Å². The van der Waals surface area contributed by atoms with Crippen LogP contribution in [-0.2, 0) is 10.8 Å². The fourth-order valence-corrected chi connectivity index (χ4v) is 2.23. The molecule has 0 aliphatic heterocycles. The first-order valence-corrected chi connectivity index (χ1v) is 8.89. The summed E-state index contributed by atoms with van der Waals surface area (Å²) in [6, 6.07) is 16.7. The quantitative estimate of drug-likeness (QED) is 0.849. The standard InChI is InChI=1S/C18H18N2O2S/c1-23(22)14-13-19-18(21)20-17-10-6-5-9-16(17)12-11-15-7-3-2-4-8-15/h2-10H,13-14H2,1H3,(H2,19,20,21).